The molecule has 0 amide bonds. The van der Waals surface area contributed by atoms with Crippen molar-refractivity contribution in [3.63, 3.8) is 0 Å². The molecule has 20 heavy (non-hydrogen) atoms. The molecule has 0 unspecified atom stereocenters. The van der Waals surface area contributed by atoms with E-state index in [0.29, 0.717) is 6.54 Å². The van der Waals surface area contributed by atoms with E-state index in [-0.39, 0.29) is 22.2 Å². The molecule has 2 N–H and O–H groups in total. The van der Waals surface area contributed by atoms with Crippen LogP contribution in [0.2, 0.25) is 0 Å². The lowest BCUT2D eigenvalue weighted by Gasteiger charge is -2.35. The Morgan fingerprint density at radius 1 is 1.35 bits per heavy atom. The molecule has 1 saturated carbocycles. The summed E-state index contributed by atoms with van der Waals surface area (Å²) in [7, 11) is -3.64. The second-order valence-corrected chi connectivity index (χ2v) is 8.12. The van der Waals surface area contributed by atoms with E-state index in [1.54, 1.807) is 11.8 Å². The molecule has 114 valence electrons. The van der Waals surface area contributed by atoms with Gasteiger partial charge in [0.1, 0.15) is 12.4 Å². The average molecular weight is 319 g/mol. The normalized spacial score (nSPS) is 19.1. The molecule has 0 saturated heterocycles. The Labute approximate surface area is 124 Å². The van der Waals surface area contributed by atoms with Crippen molar-refractivity contribution >= 4 is 21.8 Å². The van der Waals surface area contributed by atoms with Gasteiger partial charge in [-0.25, -0.2) is 13.1 Å². The van der Waals surface area contributed by atoms with Crippen molar-refractivity contribution in [1.29, 1.82) is 0 Å². The molecule has 0 spiro atoms. The van der Waals surface area contributed by atoms with Crippen LogP contribution in [0.15, 0.2) is 21.6 Å². The van der Waals surface area contributed by atoms with Gasteiger partial charge in [-0.2, -0.15) is 11.8 Å². The van der Waals surface area contributed by atoms with Gasteiger partial charge in [0.05, 0.1) is 0 Å². The summed E-state index contributed by atoms with van der Waals surface area (Å²) in [5.74, 6) is 0.252. The first-order chi connectivity index (χ1) is 9.51. The molecule has 0 radical (unpaired) electrons. The van der Waals surface area contributed by atoms with E-state index in [1.807, 2.05) is 6.26 Å². The zero-order chi connectivity index (χ0) is 14.6. The first kappa shape index (κ1) is 15.9. The van der Waals surface area contributed by atoms with E-state index < -0.39 is 10.0 Å². The Balaban J connectivity index is 2.04. The fourth-order valence-corrected chi connectivity index (χ4v) is 4.61. The van der Waals surface area contributed by atoms with Gasteiger partial charge in [0, 0.05) is 11.3 Å². The zero-order valence-corrected chi connectivity index (χ0v) is 13.2. The van der Waals surface area contributed by atoms with Crippen LogP contribution in [-0.4, -0.2) is 31.1 Å². The van der Waals surface area contributed by atoms with E-state index in [9.17, 15) is 8.42 Å². The summed E-state index contributed by atoms with van der Waals surface area (Å²) in [5, 5.41) is 8.79. The lowest BCUT2D eigenvalue weighted by Crippen LogP contribution is -2.41. The van der Waals surface area contributed by atoms with Crippen LogP contribution in [0.3, 0.4) is 0 Å². The van der Waals surface area contributed by atoms with E-state index in [0.717, 1.165) is 25.7 Å². The quantitative estimate of drug-likeness (QED) is 0.839. The lowest BCUT2D eigenvalue weighted by atomic mass is 9.88. The first-order valence-electron chi connectivity index (χ1n) is 6.76. The Hall–Kier alpha value is -0.500. The van der Waals surface area contributed by atoms with Gasteiger partial charge in [0.15, 0.2) is 0 Å². The molecule has 0 bridgehead atoms. The Kier molecular flexibility index (Phi) is 5.17. The molecule has 0 aromatic carbocycles. The van der Waals surface area contributed by atoms with Gasteiger partial charge in [-0.15, -0.1) is 0 Å². The topological polar surface area (TPSA) is 79.5 Å². The monoisotopic (exact) mass is 319 g/mol. The van der Waals surface area contributed by atoms with Gasteiger partial charge in [-0.05, 0) is 31.2 Å². The van der Waals surface area contributed by atoms with Crippen LogP contribution in [0.5, 0.6) is 0 Å². The lowest BCUT2D eigenvalue weighted by molar-refractivity contribution is 0.236. The van der Waals surface area contributed by atoms with Crippen LogP contribution in [-0.2, 0) is 16.6 Å². The zero-order valence-electron chi connectivity index (χ0n) is 11.6. The molecule has 1 fully saturated rings. The van der Waals surface area contributed by atoms with Gasteiger partial charge in [0.25, 0.3) is 10.0 Å². The molecule has 0 aliphatic heterocycles. The Bertz CT molecular complexity index is 532. The maximum absolute atomic E-state index is 12.2. The third-order valence-corrected chi connectivity index (χ3v) is 6.53. The van der Waals surface area contributed by atoms with Crippen molar-refractivity contribution < 1.29 is 17.9 Å². The van der Waals surface area contributed by atoms with Crippen molar-refractivity contribution in [2.75, 3.05) is 12.8 Å². The minimum atomic E-state index is -3.64. The maximum atomic E-state index is 12.2. The van der Waals surface area contributed by atoms with Crippen molar-refractivity contribution in [1.82, 2.24) is 4.72 Å². The second-order valence-electron chi connectivity index (χ2n) is 5.15. The van der Waals surface area contributed by atoms with Crippen LogP contribution < -0.4 is 4.72 Å². The summed E-state index contributed by atoms with van der Waals surface area (Å²) >= 11 is 1.74. The number of aliphatic hydroxyl groups excluding tert-OH is 1. The van der Waals surface area contributed by atoms with Crippen LogP contribution in [0.1, 0.15) is 37.9 Å². The summed E-state index contributed by atoms with van der Waals surface area (Å²) in [6.45, 7) is 0.121. The number of rotatable bonds is 6. The van der Waals surface area contributed by atoms with Crippen LogP contribution >= 0.6 is 11.8 Å². The number of sulfonamides is 1. The number of hydrogen-bond acceptors (Lipinski definition) is 5. The molecular formula is C13H21NO4S2. The van der Waals surface area contributed by atoms with E-state index in [4.69, 9.17) is 9.52 Å². The van der Waals surface area contributed by atoms with E-state index in [1.165, 1.54) is 18.6 Å². The molecule has 0 atom stereocenters. The largest absolute Gasteiger partial charge is 0.446 e. The molecule has 7 heteroatoms. The smallest absolute Gasteiger partial charge is 0.274 e. The molecular weight excluding hydrogens is 298 g/mol. The van der Waals surface area contributed by atoms with Gasteiger partial charge >= 0.3 is 0 Å². The van der Waals surface area contributed by atoms with E-state index in [2.05, 4.69) is 4.72 Å². The third kappa shape index (κ3) is 3.58. The van der Waals surface area contributed by atoms with Crippen molar-refractivity contribution in [3.8, 4) is 0 Å². The minimum Gasteiger partial charge on any atom is -0.446 e. The maximum Gasteiger partial charge on any atom is 0.274 e. The Morgan fingerprint density at radius 3 is 2.60 bits per heavy atom. The molecule has 1 aliphatic carbocycles. The second kappa shape index (κ2) is 6.51. The highest BCUT2D eigenvalue weighted by Crippen LogP contribution is 2.38. The predicted octanol–water partition coefficient (Wildman–Crippen LogP) is 2.12. The van der Waals surface area contributed by atoms with Crippen LogP contribution in [0.4, 0.5) is 0 Å². The highest BCUT2D eigenvalue weighted by molar-refractivity contribution is 8.00. The van der Waals surface area contributed by atoms with Gasteiger partial charge in [-0.3, -0.25) is 0 Å². The summed E-state index contributed by atoms with van der Waals surface area (Å²) < 4.78 is 32.1. The standard InChI is InChI=1S/C13H21NO4S2/c1-19-13(7-3-2-4-8-13)10-14-20(16,17)12-6-5-11(9-15)18-12/h5-6,14-15H,2-4,7-10H2,1H3. The van der Waals surface area contributed by atoms with Gasteiger partial charge in [-0.1, -0.05) is 19.3 Å². The summed E-state index contributed by atoms with van der Waals surface area (Å²) in [5.41, 5.74) is 0. The number of furan rings is 1. The Morgan fingerprint density at radius 2 is 2.05 bits per heavy atom. The summed E-state index contributed by atoms with van der Waals surface area (Å²) in [6.07, 6.45) is 7.65. The van der Waals surface area contributed by atoms with Gasteiger partial charge in [0.2, 0.25) is 5.09 Å². The molecule has 1 aromatic rings. The predicted molar refractivity (Wildman–Crippen MR) is 79.2 cm³/mol. The van der Waals surface area contributed by atoms with E-state index >= 15 is 0 Å². The fraction of sp³-hybridized carbons (Fsp3) is 0.692. The molecule has 2 rings (SSSR count). The molecule has 5 nitrogen and oxygen atoms in total. The highest BCUT2D eigenvalue weighted by Gasteiger charge is 2.33. The molecule has 1 heterocycles. The molecule has 1 aromatic heterocycles. The third-order valence-electron chi connectivity index (χ3n) is 3.84. The van der Waals surface area contributed by atoms with Crippen molar-refractivity contribution in [2.45, 2.75) is 48.6 Å². The first-order valence-corrected chi connectivity index (χ1v) is 9.46. The van der Waals surface area contributed by atoms with Crippen molar-refractivity contribution in [3.05, 3.63) is 17.9 Å². The SMILES string of the molecule is CSC1(CNS(=O)(=O)c2ccc(CO)o2)CCCCC1. The number of aliphatic hydroxyl groups is 1. The number of thioether (sulfide) groups is 1. The van der Waals surface area contributed by atoms with Crippen LogP contribution in [0.25, 0.3) is 0 Å². The minimum absolute atomic E-state index is 0.00226. The highest BCUT2D eigenvalue weighted by atomic mass is 32.2. The summed E-state index contributed by atoms with van der Waals surface area (Å²) in [6, 6.07) is 2.85. The number of nitrogens with one attached hydrogen (secondary N) is 1. The summed E-state index contributed by atoms with van der Waals surface area (Å²) in [4.78, 5) is 0. The number of hydrogen-bond donors (Lipinski definition) is 2. The fourth-order valence-electron chi connectivity index (χ4n) is 2.53. The average Bonchev–Trinajstić information content (AvgIpc) is 2.96. The van der Waals surface area contributed by atoms with Crippen LogP contribution in [0, 0.1) is 0 Å². The van der Waals surface area contributed by atoms with Crippen molar-refractivity contribution in [2.24, 2.45) is 0 Å². The molecule has 1 aliphatic rings. The van der Waals surface area contributed by atoms with Gasteiger partial charge < -0.3 is 9.52 Å².